The average Bonchev–Trinajstić information content (AvgIpc) is 2.58. The van der Waals surface area contributed by atoms with E-state index in [-0.39, 0.29) is 5.16 Å². The molecule has 0 fully saturated rings. The Morgan fingerprint density at radius 3 is 2.40 bits per heavy atom. The van der Waals surface area contributed by atoms with E-state index in [9.17, 15) is 8.42 Å². The van der Waals surface area contributed by atoms with Gasteiger partial charge in [-0.2, -0.15) is 0 Å². The molecule has 8 heteroatoms. The van der Waals surface area contributed by atoms with Crippen molar-refractivity contribution in [1.82, 2.24) is 14.9 Å². The van der Waals surface area contributed by atoms with Crippen LogP contribution in [0, 0.1) is 0 Å². The summed E-state index contributed by atoms with van der Waals surface area (Å²) < 4.78 is 29.2. The monoisotopic (exact) mass is 364 g/mol. The van der Waals surface area contributed by atoms with Gasteiger partial charge in [0.05, 0.1) is 12.3 Å². The second-order valence-corrected chi connectivity index (χ2v) is 7.88. The Labute approximate surface area is 149 Å². The molecule has 0 aliphatic heterocycles. The lowest BCUT2D eigenvalue weighted by atomic mass is 10.1. The molecule has 1 N–H and O–H groups in total. The number of aromatic nitrogens is 2. The first-order chi connectivity index (χ1) is 11.8. The first-order valence-corrected chi connectivity index (χ1v) is 9.83. The summed E-state index contributed by atoms with van der Waals surface area (Å²) in [5.74, 6) is 1.23. The summed E-state index contributed by atoms with van der Waals surface area (Å²) in [6, 6.07) is 9.13. The molecule has 0 aliphatic carbocycles. The zero-order chi connectivity index (χ0) is 18.4. The van der Waals surface area contributed by atoms with Gasteiger partial charge in [0.15, 0.2) is 0 Å². The predicted octanol–water partition coefficient (Wildman–Crippen LogP) is 1.92. The van der Waals surface area contributed by atoms with Gasteiger partial charge in [0, 0.05) is 31.5 Å². The number of nitrogens with one attached hydrogen (secondary N) is 1. The highest BCUT2D eigenvalue weighted by Gasteiger charge is 2.14. The summed E-state index contributed by atoms with van der Waals surface area (Å²) in [5, 5.41) is 2.66. The van der Waals surface area contributed by atoms with Gasteiger partial charge >= 0.3 is 0 Å². The number of sulfone groups is 1. The second kappa shape index (κ2) is 8.26. The number of benzene rings is 1. The van der Waals surface area contributed by atoms with Gasteiger partial charge in [-0.25, -0.2) is 18.4 Å². The van der Waals surface area contributed by atoms with Gasteiger partial charge < -0.3 is 15.0 Å². The fourth-order valence-corrected chi connectivity index (χ4v) is 2.69. The Balaban J connectivity index is 2.16. The molecule has 7 nitrogen and oxygen atoms in total. The van der Waals surface area contributed by atoms with E-state index in [1.165, 1.54) is 0 Å². The topological polar surface area (TPSA) is 84.4 Å². The summed E-state index contributed by atoms with van der Waals surface area (Å²) in [4.78, 5) is 10.3. The standard InChI is InChI=1S/C17H24N4O3S/c1-18-16-12-15(19-17(20-16)25(4,22)23)13-6-8-14(9-7-13)24-11-5-10-21(2)3/h6-9,12H,5,10-11H2,1-4H3,(H,18,19,20). The fraction of sp³-hybridized carbons (Fsp3) is 0.412. The maximum Gasteiger partial charge on any atom is 0.249 e. The SMILES string of the molecule is CNc1cc(-c2ccc(OCCCN(C)C)cc2)nc(S(C)(=O)=O)n1. The molecule has 0 spiro atoms. The van der Waals surface area contributed by atoms with Crippen molar-refractivity contribution >= 4 is 15.7 Å². The number of anilines is 1. The third-order valence-corrected chi connectivity index (χ3v) is 4.31. The number of hydrogen-bond donors (Lipinski definition) is 1. The van der Waals surface area contributed by atoms with E-state index < -0.39 is 9.84 Å². The molecular formula is C17H24N4O3S. The van der Waals surface area contributed by atoms with E-state index in [0.717, 1.165) is 30.5 Å². The maximum atomic E-state index is 11.8. The van der Waals surface area contributed by atoms with E-state index in [1.54, 1.807) is 13.1 Å². The Bertz CT molecular complexity index is 805. The number of hydrogen-bond acceptors (Lipinski definition) is 7. The van der Waals surface area contributed by atoms with Gasteiger partial charge in [-0.05, 0) is 44.8 Å². The van der Waals surface area contributed by atoms with Crippen LogP contribution < -0.4 is 10.1 Å². The molecule has 1 aromatic heterocycles. The molecule has 1 aromatic carbocycles. The summed E-state index contributed by atoms with van der Waals surface area (Å²) in [5.41, 5.74) is 1.34. The van der Waals surface area contributed by atoms with Crippen molar-refractivity contribution < 1.29 is 13.2 Å². The molecule has 0 atom stereocenters. The Kier molecular flexibility index (Phi) is 6.33. The van der Waals surface area contributed by atoms with Crippen molar-refractivity contribution in [3.05, 3.63) is 30.3 Å². The smallest absolute Gasteiger partial charge is 0.249 e. The molecule has 25 heavy (non-hydrogen) atoms. The first kappa shape index (κ1) is 19.1. The van der Waals surface area contributed by atoms with Crippen LogP contribution in [0.4, 0.5) is 5.82 Å². The highest BCUT2D eigenvalue weighted by atomic mass is 32.2. The summed E-state index contributed by atoms with van der Waals surface area (Å²) >= 11 is 0. The Morgan fingerprint density at radius 1 is 1.16 bits per heavy atom. The van der Waals surface area contributed by atoms with Crippen LogP contribution in [0.2, 0.25) is 0 Å². The van der Waals surface area contributed by atoms with E-state index in [4.69, 9.17) is 4.74 Å². The lowest BCUT2D eigenvalue weighted by Crippen LogP contribution is -2.15. The van der Waals surface area contributed by atoms with E-state index >= 15 is 0 Å². The second-order valence-electron chi connectivity index (χ2n) is 5.97. The van der Waals surface area contributed by atoms with Crippen LogP contribution in [0.3, 0.4) is 0 Å². The van der Waals surface area contributed by atoms with Crippen LogP contribution in [0.25, 0.3) is 11.3 Å². The van der Waals surface area contributed by atoms with Crippen molar-refractivity contribution in [3.8, 4) is 17.0 Å². The minimum Gasteiger partial charge on any atom is -0.494 e. The predicted molar refractivity (Wildman–Crippen MR) is 98.8 cm³/mol. The highest BCUT2D eigenvalue weighted by Crippen LogP contribution is 2.23. The number of rotatable bonds is 8. The van der Waals surface area contributed by atoms with Gasteiger partial charge in [0.1, 0.15) is 11.6 Å². The molecule has 2 rings (SSSR count). The highest BCUT2D eigenvalue weighted by molar-refractivity contribution is 7.90. The molecule has 0 unspecified atom stereocenters. The van der Waals surface area contributed by atoms with E-state index in [2.05, 4.69) is 20.2 Å². The third-order valence-electron chi connectivity index (χ3n) is 3.46. The van der Waals surface area contributed by atoms with Crippen molar-refractivity contribution in [1.29, 1.82) is 0 Å². The van der Waals surface area contributed by atoms with Gasteiger partial charge in [-0.15, -0.1) is 0 Å². The molecule has 136 valence electrons. The van der Waals surface area contributed by atoms with Crippen LogP contribution in [0.15, 0.2) is 35.5 Å². The molecule has 0 radical (unpaired) electrons. The van der Waals surface area contributed by atoms with Crippen LogP contribution in [-0.2, 0) is 9.84 Å². The number of ether oxygens (including phenoxy) is 1. The molecular weight excluding hydrogens is 340 g/mol. The third kappa shape index (κ3) is 5.68. The van der Waals surface area contributed by atoms with Gasteiger partial charge in [0.25, 0.3) is 0 Å². The quantitative estimate of drug-likeness (QED) is 0.566. The van der Waals surface area contributed by atoms with E-state index in [0.29, 0.717) is 18.1 Å². The average molecular weight is 364 g/mol. The molecule has 2 aromatic rings. The molecule has 0 amide bonds. The van der Waals surface area contributed by atoms with E-state index in [1.807, 2.05) is 38.4 Å². The van der Waals surface area contributed by atoms with Crippen LogP contribution in [-0.4, -0.2) is 63.8 Å². The minimum absolute atomic E-state index is 0.196. The summed E-state index contributed by atoms with van der Waals surface area (Å²) in [6.45, 7) is 1.62. The van der Waals surface area contributed by atoms with Crippen molar-refractivity contribution in [3.63, 3.8) is 0 Å². The van der Waals surface area contributed by atoms with Crippen molar-refractivity contribution in [2.45, 2.75) is 11.6 Å². The van der Waals surface area contributed by atoms with Crippen molar-refractivity contribution in [2.24, 2.45) is 0 Å². The Morgan fingerprint density at radius 2 is 1.84 bits per heavy atom. The zero-order valence-electron chi connectivity index (χ0n) is 15.0. The van der Waals surface area contributed by atoms with Gasteiger partial charge in [-0.1, -0.05) is 0 Å². The van der Waals surface area contributed by atoms with Crippen LogP contribution in [0.5, 0.6) is 5.75 Å². The van der Waals surface area contributed by atoms with Crippen LogP contribution in [0.1, 0.15) is 6.42 Å². The summed E-state index contributed by atoms with van der Waals surface area (Å²) in [6.07, 6.45) is 2.04. The normalized spacial score (nSPS) is 11.6. The molecule has 0 saturated carbocycles. The summed E-state index contributed by atoms with van der Waals surface area (Å²) in [7, 11) is 2.25. The van der Waals surface area contributed by atoms with Gasteiger partial charge in [0.2, 0.25) is 15.0 Å². The molecule has 0 bridgehead atoms. The Hall–Kier alpha value is -2.19. The van der Waals surface area contributed by atoms with Crippen molar-refractivity contribution in [2.75, 3.05) is 45.9 Å². The van der Waals surface area contributed by atoms with Crippen LogP contribution >= 0.6 is 0 Å². The minimum atomic E-state index is -3.49. The number of nitrogens with zero attached hydrogens (tertiary/aromatic N) is 3. The molecule has 0 aliphatic rings. The lowest BCUT2D eigenvalue weighted by Gasteiger charge is -2.11. The first-order valence-electron chi connectivity index (χ1n) is 7.94. The molecule has 0 saturated heterocycles. The fourth-order valence-electron chi connectivity index (χ4n) is 2.16. The largest absolute Gasteiger partial charge is 0.494 e. The lowest BCUT2D eigenvalue weighted by molar-refractivity contribution is 0.281. The molecule has 1 heterocycles. The zero-order valence-corrected chi connectivity index (χ0v) is 15.8. The van der Waals surface area contributed by atoms with Gasteiger partial charge in [-0.3, -0.25) is 0 Å². The maximum absolute atomic E-state index is 11.8.